The summed E-state index contributed by atoms with van der Waals surface area (Å²) < 4.78 is 13.1. The summed E-state index contributed by atoms with van der Waals surface area (Å²) in [7, 11) is 0. The second kappa shape index (κ2) is 6.02. The number of hydrogen-bond donors (Lipinski definition) is 0. The minimum atomic E-state index is -0.816. The topological polar surface area (TPSA) is 38.7 Å². The van der Waals surface area contributed by atoms with E-state index in [0.29, 0.717) is 10.8 Å². The minimum absolute atomic E-state index is 0.285. The smallest absolute Gasteiger partial charge is 0.197 e. The quantitative estimate of drug-likeness (QED) is 0.480. The molecular weight excluding hydrogens is 320 g/mol. The number of nitrogens with zero attached hydrogens (tertiary/aromatic N) is 3. The van der Waals surface area contributed by atoms with Crippen LogP contribution in [0.15, 0.2) is 23.5 Å². The molecule has 0 aliphatic heterocycles. The molecule has 0 atom stereocenters. The van der Waals surface area contributed by atoms with Gasteiger partial charge in [-0.1, -0.05) is 46.6 Å². The molecule has 0 radical (unpaired) electrons. The van der Waals surface area contributed by atoms with Gasteiger partial charge in [0.1, 0.15) is 0 Å². The highest BCUT2D eigenvalue weighted by Gasteiger charge is 2.11. The second-order valence-electron chi connectivity index (χ2n) is 3.16. The van der Waals surface area contributed by atoms with E-state index in [1.165, 1.54) is 11.8 Å². The Morgan fingerprint density at radius 3 is 2.44 bits per heavy atom. The molecule has 8 heteroatoms. The number of aromatic nitrogens is 3. The van der Waals surface area contributed by atoms with Gasteiger partial charge in [0.15, 0.2) is 21.3 Å². The lowest BCUT2D eigenvalue weighted by Crippen LogP contribution is -1.94. The van der Waals surface area contributed by atoms with Crippen molar-refractivity contribution in [2.75, 3.05) is 0 Å². The number of rotatable bonds is 3. The van der Waals surface area contributed by atoms with Crippen LogP contribution in [-0.2, 0) is 5.75 Å². The normalized spacial score (nSPS) is 10.7. The molecule has 18 heavy (non-hydrogen) atoms. The van der Waals surface area contributed by atoms with Gasteiger partial charge in [0.2, 0.25) is 0 Å². The van der Waals surface area contributed by atoms with Crippen LogP contribution in [0.5, 0.6) is 0 Å². The van der Waals surface area contributed by atoms with E-state index in [-0.39, 0.29) is 15.5 Å². The first-order valence-corrected chi connectivity index (χ1v) is 6.80. The monoisotopic (exact) mass is 323 g/mol. The maximum Gasteiger partial charge on any atom is 0.197 e. The number of halogens is 4. The van der Waals surface area contributed by atoms with Crippen molar-refractivity contribution < 1.29 is 4.39 Å². The van der Waals surface area contributed by atoms with Gasteiger partial charge in [0.25, 0.3) is 0 Å². The summed E-state index contributed by atoms with van der Waals surface area (Å²) in [5, 5.41) is 0.290. The van der Waals surface area contributed by atoms with E-state index in [1.807, 2.05) is 0 Å². The Bertz CT molecular complexity index is 559. The highest BCUT2D eigenvalue weighted by atomic mass is 35.5. The molecule has 2 aromatic heterocycles. The van der Waals surface area contributed by atoms with Crippen molar-refractivity contribution in [3.8, 4) is 0 Å². The van der Waals surface area contributed by atoms with Crippen LogP contribution in [0.25, 0.3) is 0 Å². The molecule has 0 saturated heterocycles. The van der Waals surface area contributed by atoms with E-state index >= 15 is 0 Å². The van der Waals surface area contributed by atoms with Crippen molar-refractivity contribution in [1.29, 1.82) is 0 Å². The maximum absolute atomic E-state index is 13.1. The van der Waals surface area contributed by atoms with Crippen LogP contribution in [0.1, 0.15) is 5.69 Å². The van der Waals surface area contributed by atoms with E-state index in [4.69, 9.17) is 34.8 Å². The highest BCUT2D eigenvalue weighted by molar-refractivity contribution is 7.98. The van der Waals surface area contributed by atoms with Crippen LogP contribution >= 0.6 is 46.6 Å². The SMILES string of the molecule is Fc1c(Cl)nc(SCc2cc(Cl)ccn2)nc1Cl. The average Bonchev–Trinajstić information content (AvgIpc) is 2.33. The predicted molar refractivity (Wildman–Crippen MR) is 70.8 cm³/mol. The van der Waals surface area contributed by atoms with Crippen molar-refractivity contribution in [3.63, 3.8) is 0 Å². The lowest BCUT2D eigenvalue weighted by atomic mass is 10.4. The van der Waals surface area contributed by atoms with Crippen LogP contribution in [0.2, 0.25) is 15.3 Å². The summed E-state index contributed by atoms with van der Waals surface area (Å²) in [5.74, 6) is -0.331. The molecule has 0 unspecified atom stereocenters. The van der Waals surface area contributed by atoms with Crippen LogP contribution in [0.4, 0.5) is 4.39 Å². The van der Waals surface area contributed by atoms with Crippen LogP contribution in [0, 0.1) is 5.82 Å². The molecule has 2 heterocycles. The largest absolute Gasteiger partial charge is 0.260 e. The average molecular weight is 325 g/mol. The molecule has 0 fully saturated rings. The van der Waals surface area contributed by atoms with Crippen molar-refractivity contribution in [3.05, 3.63) is 45.2 Å². The zero-order valence-corrected chi connectivity index (χ0v) is 11.8. The molecular formula is C10H5Cl3FN3S. The van der Waals surface area contributed by atoms with Gasteiger partial charge in [-0.3, -0.25) is 4.98 Å². The van der Waals surface area contributed by atoms with Gasteiger partial charge in [0, 0.05) is 17.0 Å². The van der Waals surface area contributed by atoms with Gasteiger partial charge in [-0.15, -0.1) is 0 Å². The Balaban J connectivity index is 2.11. The number of pyridine rings is 1. The van der Waals surface area contributed by atoms with Gasteiger partial charge in [-0.2, -0.15) is 0 Å². The first kappa shape index (κ1) is 13.8. The van der Waals surface area contributed by atoms with Crippen LogP contribution < -0.4 is 0 Å². The van der Waals surface area contributed by atoms with Gasteiger partial charge < -0.3 is 0 Å². The molecule has 0 bridgehead atoms. The third-order valence-electron chi connectivity index (χ3n) is 1.88. The molecule has 0 amide bonds. The van der Waals surface area contributed by atoms with Gasteiger partial charge in [0.05, 0.1) is 5.69 Å². The minimum Gasteiger partial charge on any atom is -0.260 e. The van der Waals surface area contributed by atoms with Crippen molar-refractivity contribution >= 4 is 46.6 Å². The van der Waals surface area contributed by atoms with Crippen LogP contribution in [-0.4, -0.2) is 15.0 Å². The van der Waals surface area contributed by atoms with Crippen molar-refractivity contribution in [1.82, 2.24) is 15.0 Å². The molecule has 0 aliphatic rings. The molecule has 3 nitrogen and oxygen atoms in total. The Hall–Kier alpha value is -0.620. The molecule has 2 rings (SSSR count). The van der Waals surface area contributed by atoms with Gasteiger partial charge in [-0.05, 0) is 12.1 Å². The fraction of sp³-hybridized carbons (Fsp3) is 0.100. The third-order valence-corrected chi connectivity index (χ3v) is 3.49. The summed E-state index contributed by atoms with van der Waals surface area (Å²) in [6.07, 6.45) is 1.60. The molecule has 0 aromatic carbocycles. The Morgan fingerprint density at radius 1 is 1.17 bits per heavy atom. The van der Waals surface area contributed by atoms with Crippen molar-refractivity contribution in [2.45, 2.75) is 10.9 Å². The lowest BCUT2D eigenvalue weighted by Gasteiger charge is -2.02. The van der Waals surface area contributed by atoms with E-state index in [9.17, 15) is 4.39 Å². The first-order chi connectivity index (χ1) is 8.56. The van der Waals surface area contributed by atoms with E-state index in [0.717, 1.165) is 5.69 Å². The number of hydrogen-bond acceptors (Lipinski definition) is 4. The maximum atomic E-state index is 13.1. The standard InChI is InChI=1S/C10H5Cl3FN3S/c11-5-1-2-15-6(3-5)4-18-10-16-8(12)7(14)9(13)17-10/h1-3H,4H2. The fourth-order valence-corrected chi connectivity index (χ4v) is 2.52. The van der Waals surface area contributed by atoms with E-state index in [2.05, 4.69) is 15.0 Å². The molecule has 0 aliphatic carbocycles. The third kappa shape index (κ3) is 3.45. The molecule has 94 valence electrons. The lowest BCUT2D eigenvalue weighted by molar-refractivity contribution is 0.607. The molecule has 0 spiro atoms. The van der Waals surface area contributed by atoms with E-state index < -0.39 is 5.82 Å². The second-order valence-corrected chi connectivity index (χ2v) is 5.25. The molecule has 0 saturated carbocycles. The Labute approximate surface area is 122 Å². The summed E-state index contributed by atoms with van der Waals surface area (Å²) in [5.41, 5.74) is 0.757. The molecule has 2 aromatic rings. The zero-order chi connectivity index (χ0) is 13.1. The summed E-state index contributed by atoms with van der Waals surface area (Å²) in [4.78, 5) is 11.7. The number of thioether (sulfide) groups is 1. The summed E-state index contributed by atoms with van der Waals surface area (Å²) in [6, 6.07) is 3.40. The first-order valence-electron chi connectivity index (χ1n) is 4.68. The Morgan fingerprint density at radius 2 is 1.83 bits per heavy atom. The fourth-order valence-electron chi connectivity index (χ4n) is 1.11. The summed E-state index contributed by atoms with van der Waals surface area (Å²) in [6.45, 7) is 0. The van der Waals surface area contributed by atoms with Gasteiger partial charge >= 0.3 is 0 Å². The highest BCUT2D eigenvalue weighted by Crippen LogP contribution is 2.25. The van der Waals surface area contributed by atoms with Crippen molar-refractivity contribution in [2.24, 2.45) is 0 Å². The Kier molecular flexibility index (Phi) is 4.61. The molecule has 0 N–H and O–H groups in total. The van der Waals surface area contributed by atoms with Gasteiger partial charge in [-0.25, -0.2) is 14.4 Å². The van der Waals surface area contributed by atoms with Crippen LogP contribution in [0.3, 0.4) is 0 Å². The predicted octanol–water partition coefficient (Wildman–Crippen LogP) is 4.26. The zero-order valence-electron chi connectivity index (χ0n) is 8.70. The summed E-state index contributed by atoms with van der Waals surface area (Å²) >= 11 is 18.2. The van der Waals surface area contributed by atoms with E-state index in [1.54, 1.807) is 18.3 Å².